The molecule has 0 spiro atoms. The molecule has 1 heterocycles. The zero-order chi connectivity index (χ0) is 10.1. The molecule has 1 fully saturated rings. The first-order valence-corrected chi connectivity index (χ1v) is 4.77. The first kappa shape index (κ1) is 9.21. The molecule has 3 N–H and O–H groups in total. The maximum Gasteiger partial charge on any atom is 0.124 e. The van der Waals surface area contributed by atoms with Crippen LogP contribution >= 0.6 is 0 Å². The monoisotopic (exact) mass is 190 g/mol. The molecule has 1 aromatic rings. The molecule has 0 radical (unpaired) electrons. The van der Waals surface area contributed by atoms with Crippen LogP contribution in [0, 0.1) is 5.41 Å². The van der Waals surface area contributed by atoms with Gasteiger partial charge in [0.2, 0.25) is 0 Å². The zero-order valence-electron chi connectivity index (χ0n) is 8.17. The van der Waals surface area contributed by atoms with Crippen LogP contribution in [0.1, 0.15) is 24.0 Å². The van der Waals surface area contributed by atoms with Gasteiger partial charge in [0.15, 0.2) is 0 Å². The Morgan fingerprint density at radius 1 is 1.50 bits per heavy atom. The highest BCUT2D eigenvalue weighted by Crippen LogP contribution is 2.26. The van der Waals surface area contributed by atoms with Crippen LogP contribution in [0.2, 0.25) is 0 Å². The van der Waals surface area contributed by atoms with Gasteiger partial charge in [-0.3, -0.25) is 0 Å². The quantitative estimate of drug-likeness (QED) is 0.618. The van der Waals surface area contributed by atoms with E-state index in [-0.39, 0.29) is 5.75 Å². The Morgan fingerprint density at radius 3 is 2.64 bits per heavy atom. The van der Waals surface area contributed by atoms with Crippen molar-refractivity contribution in [3.8, 4) is 5.75 Å². The van der Waals surface area contributed by atoms with Gasteiger partial charge in [0, 0.05) is 30.3 Å². The van der Waals surface area contributed by atoms with Crippen LogP contribution in [0.25, 0.3) is 0 Å². The number of nitrogens with one attached hydrogen (secondary N) is 2. The SMILES string of the molecule is CC(=N)c1ccc(C2CNC2)cc1O. The van der Waals surface area contributed by atoms with Crippen molar-refractivity contribution in [3.05, 3.63) is 29.3 Å². The lowest BCUT2D eigenvalue weighted by Gasteiger charge is -2.27. The molecular weight excluding hydrogens is 176 g/mol. The van der Waals surface area contributed by atoms with E-state index in [0.29, 0.717) is 17.2 Å². The molecule has 2 rings (SSSR count). The number of rotatable bonds is 2. The van der Waals surface area contributed by atoms with Gasteiger partial charge in [-0.25, -0.2) is 0 Å². The van der Waals surface area contributed by atoms with E-state index in [4.69, 9.17) is 5.41 Å². The van der Waals surface area contributed by atoms with Gasteiger partial charge < -0.3 is 15.8 Å². The minimum Gasteiger partial charge on any atom is -0.507 e. The van der Waals surface area contributed by atoms with E-state index in [0.717, 1.165) is 18.7 Å². The van der Waals surface area contributed by atoms with Gasteiger partial charge in [0.1, 0.15) is 5.75 Å². The minimum absolute atomic E-state index is 0.224. The molecule has 1 aliphatic heterocycles. The molecule has 0 bridgehead atoms. The Bertz CT molecular complexity index is 370. The molecule has 0 aromatic heterocycles. The summed E-state index contributed by atoms with van der Waals surface area (Å²) < 4.78 is 0. The molecular formula is C11H14N2O. The molecule has 0 amide bonds. The van der Waals surface area contributed by atoms with Gasteiger partial charge in [0.05, 0.1) is 0 Å². The van der Waals surface area contributed by atoms with Crippen LogP contribution in [0.3, 0.4) is 0 Å². The Morgan fingerprint density at radius 2 is 2.21 bits per heavy atom. The second-order valence-corrected chi connectivity index (χ2v) is 3.76. The summed E-state index contributed by atoms with van der Waals surface area (Å²) in [6, 6.07) is 5.60. The molecule has 0 unspecified atom stereocenters. The number of benzene rings is 1. The fraction of sp³-hybridized carbons (Fsp3) is 0.364. The summed E-state index contributed by atoms with van der Waals surface area (Å²) in [6.07, 6.45) is 0. The summed E-state index contributed by atoms with van der Waals surface area (Å²) in [7, 11) is 0. The van der Waals surface area contributed by atoms with Gasteiger partial charge >= 0.3 is 0 Å². The fourth-order valence-electron chi connectivity index (χ4n) is 1.64. The van der Waals surface area contributed by atoms with Crippen LogP contribution in [0.5, 0.6) is 5.75 Å². The molecule has 1 aliphatic rings. The number of phenolic OH excluding ortho intramolecular Hbond substituents is 1. The van der Waals surface area contributed by atoms with E-state index in [2.05, 4.69) is 5.32 Å². The number of hydrogen-bond donors (Lipinski definition) is 3. The van der Waals surface area contributed by atoms with Crippen molar-refractivity contribution in [2.24, 2.45) is 0 Å². The van der Waals surface area contributed by atoms with Gasteiger partial charge in [-0.15, -0.1) is 0 Å². The smallest absolute Gasteiger partial charge is 0.124 e. The maximum atomic E-state index is 9.67. The summed E-state index contributed by atoms with van der Waals surface area (Å²) in [5.41, 5.74) is 2.19. The normalized spacial score (nSPS) is 16.4. The predicted octanol–water partition coefficient (Wildman–Crippen LogP) is 1.47. The fourth-order valence-corrected chi connectivity index (χ4v) is 1.64. The van der Waals surface area contributed by atoms with Gasteiger partial charge in [-0.2, -0.15) is 0 Å². The van der Waals surface area contributed by atoms with Crippen molar-refractivity contribution in [2.45, 2.75) is 12.8 Å². The summed E-state index contributed by atoms with van der Waals surface area (Å²) in [5.74, 6) is 0.753. The van der Waals surface area contributed by atoms with E-state index >= 15 is 0 Å². The Balaban J connectivity index is 2.30. The molecule has 0 atom stereocenters. The molecule has 3 heteroatoms. The minimum atomic E-state index is 0.224. The predicted molar refractivity (Wildman–Crippen MR) is 56.2 cm³/mol. The van der Waals surface area contributed by atoms with Crippen LogP contribution in [-0.4, -0.2) is 23.9 Å². The molecule has 1 aromatic carbocycles. The van der Waals surface area contributed by atoms with Crippen LogP contribution in [0.4, 0.5) is 0 Å². The van der Waals surface area contributed by atoms with E-state index in [9.17, 15) is 5.11 Å². The highest BCUT2D eigenvalue weighted by atomic mass is 16.3. The molecule has 0 aliphatic carbocycles. The summed E-state index contributed by atoms with van der Waals surface area (Å²) in [4.78, 5) is 0. The number of hydrogen-bond acceptors (Lipinski definition) is 3. The topological polar surface area (TPSA) is 56.1 Å². The molecule has 3 nitrogen and oxygen atoms in total. The van der Waals surface area contributed by atoms with Crippen molar-refractivity contribution in [1.82, 2.24) is 5.32 Å². The maximum absolute atomic E-state index is 9.67. The van der Waals surface area contributed by atoms with Crippen molar-refractivity contribution in [3.63, 3.8) is 0 Å². The van der Waals surface area contributed by atoms with Gasteiger partial charge in [0.25, 0.3) is 0 Å². The van der Waals surface area contributed by atoms with Crippen molar-refractivity contribution in [1.29, 1.82) is 5.41 Å². The second kappa shape index (κ2) is 3.42. The Labute approximate surface area is 83.3 Å². The summed E-state index contributed by atoms with van der Waals surface area (Å²) in [5, 5.41) is 20.3. The Kier molecular flexibility index (Phi) is 2.25. The van der Waals surface area contributed by atoms with Gasteiger partial charge in [-0.05, 0) is 24.6 Å². The van der Waals surface area contributed by atoms with Crippen molar-refractivity contribution >= 4 is 5.71 Å². The molecule has 74 valence electrons. The first-order valence-electron chi connectivity index (χ1n) is 4.77. The number of phenols is 1. The third-order valence-electron chi connectivity index (χ3n) is 2.68. The molecule has 14 heavy (non-hydrogen) atoms. The first-order chi connectivity index (χ1) is 6.68. The summed E-state index contributed by atoms with van der Waals surface area (Å²) >= 11 is 0. The molecule has 1 saturated heterocycles. The lowest BCUT2D eigenvalue weighted by atomic mass is 9.92. The second-order valence-electron chi connectivity index (χ2n) is 3.76. The van der Waals surface area contributed by atoms with Crippen molar-refractivity contribution in [2.75, 3.05) is 13.1 Å². The standard InChI is InChI=1S/C11H14N2O/c1-7(12)10-3-2-8(4-11(10)14)9-5-13-6-9/h2-4,9,12-14H,5-6H2,1H3. The third-order valence-corrected chi connectivity index (χ3v) is 2.68. The van der Waals surface area contributed by atoms with E-state index in [1.54, 1.807) is 13.0 Å². The van der Waals surface area contributed by atoms with Gasteiger partial charge in [-0.1, -0.05) is 6.07 Å². The van der Waals surface area contributed by atoms with Crippen LogP contribution in [-0.2, 0) is 0 Å². The number of aromatic hydroxyl groups is 1. The lowest BCUT2D eigenvalue weighted by molar-refractivity contribution is 0.441. The van der Waals surface area contributed by atoms with Crippen LogP contribution in [0.15, 0.2) is 18.2 Å². The van der Waals surface area contributed by atoms with E-state index in [1.807, 2.05) is 12.1 Å². The average molecular weight is 190 g/mol. The van der Waals surface area contributed by atoms with Crippen molar-refractivity contribution < 1.29 is 5.11 Å². The largest absolute Gasteiger partial charge is 0.507 e. The Hall–Kier alpha value is -1.35. The third kappa shape index (κ3) is 1.51. The highest BCUT2D eigenvalue weighted by Gasteiger charge is 2.19. The average Bonchev–Trinajstić information content (AvgIpc) is 2.00. The molecule has 0 saturated carbocycles. The van der Waals surface area contributed by atoms with E-state index in [1.165, 1.54) is 0 Å². The van der Waals surface area contributed by atoms with E-state index < -0.39 is 0 Å². The summed E-state index contributed by atoms with van der Waals surface area (Å²) in [6.45, 7) is 3.66. The zero-order valence-corrected chi connectivity index (χ0v) is 8.17. The highest BCUT2D eigenvalue weighted by molar-refractivity contribution is 5.98. The van der Waals surface area contributed by atoms with Crippen LogP contribution < -0.4 is 5.32 Å². The lowest BCUT2D eigenvalue weighted by Crippen LogP contribution is -2.39.